The lowest BCUT2D eigenvalue weighted by Gasteiger charge is -2.11. The molecule has 0 fully saturated rings. The largest absolute Gasteiger partial charge is 0.496 e. The molecule has 0 aliphatic heterocycles. The lowest BCUT2D eigenvalue weighted by molar-refractivity contribution is -0.118. The molecule has 1 heterocycles. The SMILES string of the molecule is COc1ccc(S(=O)(=O)NC(=O)Cc2cc(Cl)cc(Cl)c2)c2ncccc12. The van der Waals surface area contributed by atoms with Gasteiger partial charge >= 0.3 is 0 Å². The molecule has 1 aromatic heterocycles. The maximum absolute atomic E-state index is 12.7. The van der Waals surface area contributed by atoms with Gasteiger partial charge in [-0.1, -0.05) is 23.2 Å². The number of hydrogen-bond donors (Lipinski definition) is 1. The summed E-state index contributed by atoms with van der Waals surface area (Å²) in [6.45, 7) is 0. The van der Waals surface area contributed by atoms with Crippen molar-refractivity contribution in [2.24, 2.45) is 0 Å². The molecule has 0 radical (unpaired) electrons. The molecule has 27 heavy (non-hydrogen) atoms. The first kappa shape index (κ1) is 19.4. The number of amides is 1. The molecule has 1 N–H and O–H groups in total. The smallest absolute Gasteiger partial charge is 0.266 e. The summed E-state index contributed by atoms with van der Waals surface area (Å²) in [7, 11) is -2.66. The molecule has 3 rings (SSSR count). The third-order valence-electron chi connectivity index (χ3n) is 3.74. The standard InChI is InChI=1S/C18H14Cl2N2O4S/c1-26-15-4-5-16(18-14(15)3-2-6-21-18)27(24,25)22-17(23)9-11-7-12(19)10-13(20)8-11/h2-8,10H,9H2,1H3,(H,22,23). The fourth-order valence-electron chi connectivity index (χ4n) is 2.65. The normalized spacial score (nSPS) is 11.4. The van der Waals surface area contributed by atoms with Gasteiger partial charge in [0.25, 0.3) is 10.0 Å². The number of carbonyl (C=O) groups excluding carboxylic acids is 1. The molecule has 0 saturated heterocycles. The van der Waals surface area contributed by atoms with Crippen molar-refractivity contribution in [3.05, 3.63) is 64.3 Å². The van der Waals surface area contributed by atoms with Crippen LogP contribution in [0.2, 0.25) is 10.0 Å². The van der Waals surface area contributed by atoms with Gasteiger partial charge in [-0.2, -0.15) is 0 Å². The number of fused-ring (bicyclic) bond motifs is 1. The van der Waals surface area contributed by atoms with Gasteiger partial charge in [0.15, 0.2) is 0 Å². The first-order valence-corrected chi connectivity index (χ1v) is 9.96. The summed E-state index contributed by atoms with van der Waals surface area (Å²) in [6.07, 6.45) is 1.28. The molecule has 3 aromatic rings. The van der Waals surface area contributed by atoms with E-state index in [2.05, 4.69) is 9.71 Å². The highest BCUT2D eigenvalue weighted by Gasteiger charge is 2.22. The van der Waals surface area contributed by atoms with E-state index in [1.807, 2.05) is 0 Å². The number of nitrogens with one attached hydrogen (secondary N) is 1. The highest BCUT2D eigenvalue weighted by atomic mass is 35.5. The molecule has 2 aromatic carbocycles. The van der Waals surface area contributed by atoms with Crippen molar-refractivity contribution in [2.45, 2.75) is 11.3 Å². The molecule has 0 bridgehead atoms. The molecule has 0 spiro atoms. The average Bonchev–Trinajstić information content (AvgIpc) is 2.59. The predicted octanol–water partition coefficient (Wildman–Crippen LogP) is 3.60. The Morgan fingerprint density at radius 1 is 1.15 bits per heavy atom. The van der Waals surface area contributed by atoms with E-state index in [4.69, 9.17) is 27.9 Å². The number of carbonyl (C=O) groups is 1. The van der Waals surface area contributed by atoms with Crippen LogP contribution < -0.4 is 9.46 Å². The topological polar surface area (TPSA) is 85.4 Å². The number of sulfonamides is 1. The Bertz CT molecular complexity index is 1110. The van der Waals surface area contributed by atoms with Gasteiger partial charge in [-0.3, -0.25) is 9.78 Å². The Labute approximate surface area is 166 Å². The van der Waals surface area contributed by atoms with Gasteiger partial charge in [0.1, 0.15) is 10.6 Å². The summed E-state index contributed by atoms with van der Waals surface area (Å²) < 4.78 is 32.7. The Hall–Kier alpha value is -2.35. The van der Waals surface area contributed by atoms with Crippen LogP contribution >= 0.6 is 23.2 Å². The van der Waals surface area contributed by atoms with Crippen molar-refractivity contribution in [1.82, 2.24) is 9.71 Å². The lowest BCUT2D eigenvalue weighted by atomic mass is 10.1. The summed E-state index contributed by atoms with van der Waals surface area (Å²) in [5, 5.41) is 1.24. The van der Waals surface area contributed by atoms with Crippen molar-refractivity contribution in [3.8, 4) is 5.75 Å². The van der Waals surface area contributed by atoms with Crippen molar-refractivity contribution in [1.29, 1.82) is 0 Å². The van der Waals surface area contributed by atoms with Crippen LogP contribution in [0, 0.1) is 0 Å². The quantitative estimate of drug-likeness (QED) is 0.675. The number of hydrogen-bond acceptors (Lipinski definition) is 5. The molecular formula is C18H14Cl2N2O4S. The van der Waals surface area contributed by atoms with Crippen molar-refractivity contribution in [2.75, 3.05) is 7.11 Å². The predicted molar refractivity (Wildman–Crippen MR) is 104 cm³/mol. The van der Waals surface area contributed by atoms with E-state index in [0.717, 1.165) is 0 Å². The van der Waals surface area contributed by atoms with Gasteiger partial charge in [0.2, 0.25) is 5.91 Å². The molecule has 140 valence electrons. The zero-order valence-electron chi connectivity index (χ0n) is 14.1. The Balaban J connectivity index is 1.91. The van der Waals surface area contributed by atoms with Crippen LogP contribution in [0.5, 0.6) is 5.75 Å². The zero-order chi connectivity index (χ0) is 19.6. The number of halogens is 2. The number of aromatic nitrogens is 1. The van der Waals surface area contributed by atoms with Gasteiger partial charge in [-0.25, -0.2) is 13.1 Å². The third-order valence-corrected chi connectivity index (χ3v) is 5.58. The number of ether oxygens (including phenoxy) is 1. The van der Waals surface area contributed by atoms with Gasteiger partial charge in [0, 0.05) is 21.6 Å². The van der Waals surface area contributed by atoms with Gasteiger partial charge in [-0.05, 0) is 48.0 Å². The number of methoxy groups -OCH3 is 1. The number of rotatable bonds is 5. The molecular weight excluding hydrogens is 411 g/mol. The van der Waals surface area contributed by atoms with Crippen molar-refractivity contribution >= 4 is 50.0 Å². The van der Waals surface area contributed by atoms with Crippen LogP contribution in [0.25, 0.3) is 10.9 Å². The summed E-state index contributed by atoms with van der Waals surface area (Å²) >= 11 is 11.8. The Morgan fingerprint density at radius 2 is 1.85 bits per heavy atom. The molecule has 0 atom stereocenters. The van der Waals surface area contributed by atoms with Crippen LogP contribution in [0.3, 0.4) is 0 Å². The summed E-state index contributed by atoms with van der Waals surface area (Å²) in [4.78, 5) is 16.3. The van der Waals surface area contributed by atoms with E-state index in [0.29, 0.717) is 26.7 Å². The molecule has 0 saturated carbocycles. The van der Waals surface area contributed by atoms with E-state index >= 15 is 0 Å². The summed E-state index contributed by atoms with van der Waals surface area (Å²) in [5.41, 5.74) is 0.709. The van der Waals surface area contributed by atoms with Gasteiger partial charge in [-0.15, -0.1) is 0 Å². The maximum Gasteiger partial charge on any atom is 0.266 e. The highest BCUT2D eigenvalue weighted by Crippen LogP contribution is 2.29. The second-order valence-corrected chi connectivity index (χ2v) is 8.17. The summed E-state index contributed by atoms with van der Waals surface area (Å²) in [5.74, 6) is -0.231. The van der Waals surface area contributed by atoms with E-state index in [9.17, 15) is 13.2 Å². The van der Waals surface area contributed by atoms with E-state index in [1.165, 1.54) is 31.5 Å². The number of pyridine rings is 1. The fourth-order valence-corrected chi connectivity index (χ4v) is 4.37. The number of nitrogens with zero attached hydrogens (tertiary/aromatic N) is 1. The number of benzene rings is 2. The minimum absolute atomic E-state index is 0.114. The van der Waals surface area contributed by atoms with Crippen LogP contribution in [-0.2, 0) is 21.2 Å². The van der Waals surface area contributed by atoms with Crippen LogP contribution in [0.4, 0.5) is 0 Å². The van der Waals surface area contributed by atoms with Gasteiger partial charge < -0.3 is 4.74 Å². The van der Waals surface area contributed by atoms with Crippen LogP contribution in [0.15, 0.2) is 53.6 Å². The summed E-state index contributed by atoms with van der Waals surface area (Å²) in [6, 6.07) is 10.8. The van der Waals surface area contributed by atoms with Gasteiger partial charge in [0.05, 0.1) is 19.0 Å². The van der Waals surface area contributed by atoms with Crippen LogP contribution in [0.1, 0.15) is 5.56 Å². The second-order valence-electron chi connectivity index (χ2n) is 5.65. The highest BCUT2D eigenvalue weighted by molar-refractivity contribution is 7.90. The molecule has 6 nitrogen and oxygen atoms in total. The van der Waals surface area contributed by atoms with E-state index in [-0.39, 0.29) is 16.8 Å². The second kappa shape index (κ2) is 7.72. The zero-order valence-corrected chi connectivity index (χ0v) is 16.4. The van der Waals surface area contributed by atoms with Crippen molar-refractivity contribution in [3.63, 3.8) is 0 Å². The van der Waals surface area contributed by atoms with Crippen LogP contribution in [-0.4, -0.2) is 26.4 Å². The minimum Gasteiger partial charge on any atom is -0.496 e. The van der Waals surface area contributed by atoms with E-state index < -0.39 is 15.9 Å². The maximum atomic E-state index is 12.7. The van der Waals surface area contributed by atoms with E-state index in [1.54, 1.807) is 24.3 Å². The molecule has 0 aliphatic carbocycles. The average molecular weight is 425 g/mol. The fraction of sp³-hybridized carbons (Fsp3) is 0.111. The molecule has 0 aliphatic rings. The molecule has 0 unspecified atom stereocenters. The molecule has 9 heteroatoms. The first-order chi connectivity index (χ1) is 12.8. The third kappa shape index (κ3) is 4.32. The minimum atomic E-state index is -4.14. The molecule has 1 amide bonds. The first-order valence-electron chi connectivity index (χ1n) is 7.72. The Morgan fingerprint density at radius 3 is 2.52 bits per heavy atom. The van der Waals surface area contributed by atoms with Crippen molar-refractivity contribution < 1.29 is 17.9 Å². The monoisotopic (exact) mass is 424 g/mol. The Kier molecular flexibility index (Phi) is 5.55. The lowest BCUT2D eigenvalue weighted by Crippen LogP contribution is -2.32.